The Kier molecular flexibility index (Phi) is 5.16. The molecular formula is C12H19BrN4. The number of aryl methyl sites for hydroxylation is 2. The molecule has 0 saturated heterocycles. The minimum atomic E-state index is 0.422. The van der Waals surface area contributed by atoms with Crippen molar-refractivity contribution in [1.82, 2.24) is 14.7 Å². The van der Waals surface area contributed by atoms with Crippen molar-refractivity contribution in [3.05, 3.63) is 15.9 Å². The molecule has 1 aromatic rings. The van der Waals surface area contributed by atoms with E-state index in [0.29, 0.717) is 12.5 Å². The molecule has 94 valence electrons. The van der Waals surface area contributed by atoms with Gasteiger partial charge in [0.05, 0.1) is 21.9 Å². The molecule has 17 heavy (non-hydrogen) atoms. The van der Waals surface area contributed by atoms with Gasteiger partial charge in [-0.05, 0) is 36.7 Å². The number of nitriles is 1. The molecule has 0 spiro atoms. The van der Waals surface area contributed by atoms with Crippen LogP contribution in [0.3, 0.4) is 0 Å². The lowest BCUT2D eigenvalue weighted by molar-refractivity contribution is 0.212. The largest absolute Gasteiger partial charge is 0.294 e. The molecule has 0 N–H and O–H groups in total. The molecule has 0 bridgehead atoms. The van der Waals surface area contributed by atoms with Gasteiger partial charge in [0.2, 0.25) is 0 Å². The van der Waals surface area contributed by atoms with E-state index in [1.807, 2.05) is 18.7 Å². The summed E-state index contributed by atoms with van der Waals surface area (Å²) in [5.74, 6) is 0. The molecule has 0 fully saturated rings. The Hall–Kier alpha value is -0.860. The van der Waals surface area contributed by atoms with Crippen LogP contribution in [-0.4, -0.2) is 27.3 Å². The third-order valence-electron chi connectivity index (χ3n) is 2.86. The summed E-state index contributed by atoms with van der Waals surface area (Å²) < 4.78 is 2.98. The van der Waals surface area contributed by atoms with Crippen LogP contribution in [-0.2, 0) is 13.6 Å². The van der Waals surface area contributed by atoms with Gasteiger partial charge >= 0.3 is 0 Å². The second kappa shape index (κ2) is 6.18. The first kappa shape index (κ1) is 14.2. The maximum Gasteiger partial charge on any atom is 0.0739 e. The van der Waals surface area contributed by atoms with Crippen LogP contribution in [0.25, 0.3) is 0 Å². The lowest BCUT2D eigenvalue weighted by Crippen LogP contribution is -2.32. The summed E-state index contributed by atoms with van der Waals surface area (Å²) in [6, 6.07) is 2.62. The Balaban J connectivity index is 2.82. The van der Waals surface area contributed by atoms with Crippen molar-refractivity contribution in [2.45, 2.75) is 39.8 Å². The molecule has 0 radical (unpaired) electrons. The first-order valence-corrected chi connectivity index (χ1v) is 6.55. The first-order valence-electron chi connectivity index (χ1n) is 5.76. The average Bonchev–Trinajstić information content (AvgIpc) is 2.49. The number of hydrogen-bond donors (Lipinski definition) is 0. The van der Waals surface area contributed by atoms with E-state index in [-0.39, 0.29) is 0 Å². The van der Waals surface area contributed by atoms with Gasteiger partial charge < -0.3 is 0 Å². The Morgan fingerprint density at radius 1 is 1.53 bits per heavy atom. The van der Waals surface area contributed by atoms with Gasteiger partial charge in [-0.25, -0.2) is 0 Å². The SMILES string of the molecule is Cc1nn(C)c(CN(CCC#N)C(C)C)c1Br. The summed E-state index contributed by atoms with van der Waals surface area (Å²) >= 11 is 3.57. The third-order valence-corrected chi connectivity index (χ3v) is 3.89. The van der Waals surface area contributed by atoms with Crippen molar-refractivity contribution in [2.24, 2.45) is 7.05 Å². The van der Waals surface area contributed by atoms with Crippen LogP contribution in [0.1, 0.15) is 31.7 Å². The number of hydrogen-bond acceptors (Lipinski definition) is 3. The molecule has 0 saturated carbocycles. The van der Waals surface area contributed by atoms with Gasteiger partial charge in [-0.15, -0.1) is 0 Å². The Morgan fingerprint density at radius 3 is 2.59 bits per heavy atom. The third kappa shape index (κ3) is 3.55. The molecule has 0 unspecified atom stereocenters. The van der Waals surface area contributed by atoms with Gasteiger partial charge in [-0.2, -0.15) is 10.4 Å². The highest BCUT2D eigenvalue weighted by Crippen LogP contribution is 2.22. The molecule has 0 amide bonds. The van der Waals surface area contributed by atoms with Crippen molar-refractivity contribution >= 4 is 15.9 Å². The maximum absolute atomic E-state index is 8.67. The van der Waals surface area contributed by atoms with E-state index in [9.17, 15) is 0 Å². The number of aromatic nitrogens is 2. The van der Waals surface area contributed by atoms with Gasteiger partial charge in [-0.3, -0.25) is 9.58 Å². The molecule has 1 aromatic heterocycles. The van der Waals surface area contributed by atoms with E-state index >= 15 is 0 Å². The Bertz CT molecular complexity index is 417. The van der Waals surface area contributed by atoms with Crippen molar-refractivity contribution in [1.29, 1.82) is 5.26 Å². The Labute approximate surface area is 111 Å². The topological polar surface area (TPSA) is 44.9 Å². The summed E-state index contributed by atoms with van der Waals surface area (Å²) in [6.45, 7) is 7.90. The van der Waals surface area contributed by atoms with Crippen molar-refractivity contribution < 1.29 is 0 Å². The summed E-state index contributed by atoms with van der Waals surface area (Å²) in [7, 11) is 1.95. The molecule has 4 nitrogen and oxygen atoms in total. The van der Waals surface area contributed by atoms with E-state index in [4.69, 9.17) is 5.26 Å². The Morgan fingerprint density at radius 2 is 2.18 bits per heavy atom. The fourth-order valence-electron chi connectivity index (χ4n) is 1.76. The van der Waals surface area contributed by atoms with Crippen LogP contribution < -0.4 is 0 Å². The van der Waals surface area contributed by atoms with Gasteiger partial charge in [0.25, 0.3) is 0 Å². The summed E-state index contributed by atoms with van der Waals surface area (Å²) in [4.78, 5) is 2.28. The van der Waals surface area contributed by atoms with E-state index in [0.717, 1.165) is 29.0 Å². The molecule has 0 aliphatic carbocycles. The van der Waals surface area contributed by atoms with E-state index in [2.05, 4.69) is 45.8 Å². The van der Waals surface area contributed by atoms with Gasteiger partial charge in [0.1, 0.15) is 0 Å². The van der Waals surface area contributed by atoms with Crippen LogP contribution in [0.2, 0.25) is 0 Å². The van der Waals surface area contributed by atoms with E-state index < -0.39 is 0 Å². The van der Waals surface area contributed by atoms with E-state index in [1.54, 1.807) is 0 Å². The monoisotopic (exact) mass is 298 g/mol. The minimum absolute atomic E-state index is 0.422. The predicted molar refractivity (Wildman–Crippen MR) is 71.4 cm³/mol. The molecular weight excluding hydrogens is 280 g/mol. The minimum Gasteiger partial charge on any atom is -0.294 e. The molecule has 1 heterocycles. The molecule has 0 atom stereocenters. The highest BCUT2D eigenvalue weighted by molar-refractivity contribution is 9.10. The second-order valence-corrected chi connectivity index (χ2v) is 5.24. The predicted octanol–water partition coefficient (Wildman–Crippen LogP) is 2.62. The number of halogens is 1. The molecule has 0 aliphatic rings. The number of nitrogens with zero attached hydrogens (tertiary/aromatic N) is 4. The standard InChI is InChI=1S/C12H19BrN4/c1-9(2)17(7-5-6-14)8-11-12(13)10(3)15-16(11)4/h9H,5,7-8H2,1-4H3. The lowest BCUT2D eigenvalue weighted by Gasteiger charge is -2.25. The van der Waals surface area contributed by atoms with Gasteiger partial charge in [-0.1, -0.05) is 0 Å². The average molecular weight is 299 g/mol. The summed E-state index contributed by atoms with van der Waals surface area (Å²) in [6.07, 6.45) is 0.562. The lowest BCUT2D eigenvalue weighted by atomic mass is 10.2. The summed E-state index contributed by atoms with van der Waals surface area (Å²) in [5.41, 5.74) is 2.17. The fourth-order valence-corrected chi connectivity index (χ4v) is 2.22. The highest BCUT2D eigenvalue weighted by Gasteiger charge is 2.16. The molecule has 5 heteroatoms. The zero-order valence-electron chi connectivity index (χ0n) is 10.9. The highest BCUT2D eigenvalue weighted by atomic mass is 79.9. The van der Waals surface area contributed by atoms with Gasteiger partial charge in [0.15, 0.2) is 0 Å². The zero-order valence-corrected chi connectivity index (χ0v) is 12.5. The normalized spacial score (nSPS) is 11.2. The van der Waals surface area contributed by atoms with Gasteiger partial charge in [0, 0.05) is 32.6 Å². The zero-order chi connectivity index (χ0) is 13.0. The summed E-state index contributed by atoms with van der Waals surface area (Å²) in [5, 5.41) is 13.1. The van der Waals surface area contributed by atoms with Crippen molar-refractivity contribution in [3.8, 4) is 6.07 Å². The molecule has 0 aromatic carbocycles. The van der Waals surface area contributed by atoms with Crippen LogP contribution in [0.4, 0.5) is 0 Å². The quantitative estimate of drug-likeness (QED) is 0.839. The van der Waals surface area contributed by atoms with Crippen LogP contribution in [0.15, 0.2) is 4.47 Å². The van der Waals surface area contributed by atoms with Crippen molar-refractivity contribution in [3.63, 3.8) is 0 Å². The van der Waals surface area contributed by atoms with E-state index in [1.165, 1.54) is 0 Å². The first-order chi connectivity index (χ1) is 7.97. The molecule has 1 rings (SSSR count). The fraction of sp³-hybridized carbons (Fsp3) is 0.667. The van der Waals surface area contributed by atoms with Crippen LogP contribution >= 0.6 is 15.9 Å². The maximum atomic E-state index is 8.67. The second-order valence-electron chi connectivity index (χ2n) is 4.44. The smallest absolute Gasteiger partial charge is 0.0739 e. The van der Waals surface area contributed by atoms with Crippen LogP contribution in [0.5, 0.6) is 0 Å². The number of rotatable bonds is 5. The van der Waals surface area contributed by atoms with Crippen LogP contribution in [0, 0.1) is 18.3 Å². The van der Waals surface area contributed by atoms with Crippen molar-refractivity contribution in [2.75, 3.05) is 6.54 Å². The molecule has 0 aliphatic heterocycles.